The lowest BCUT2D eigenvalue weighted by Gasteiger charge is -2.21. The maximum atomic E-state index is 11.4. The van der Waals surface area contributed by atoms with Crippen molar-refractivity contribution in [3.8, 4) is 0 Å². The molecule has 0 spiro atoms. The first kappa shape index (κ1) is 10.9. The standard InChI is InChI=1S/C9H17NO2S/c1-6-4-10(5-9(6,3)13)8(12)7(2)11/h6-7,11,13H,4-5H2,1-3H3/t6?,7?,9-/m1/s1. The Labute approximate surface area is 84.5 Å². The lowest BCUT2D eigenvalue weighted by atomic mass is 10.00. The van der Waals surface area contributed by atoms with Gasteiger partial charge in [-0.1, -0.05) is 6.92 Å². The molecule has 1 N–H and O–H groups in total. The fourth-order valence-corrected chi connectivity index (χ4v) is 1.82. The van der Waals surface area contributed by atoms with Gasteiger partial charge in [0.1, 0.15) is 6.10 Å². The minimum atomic E-state index is -0.894. The molecule has 0 radical (unpaired) electrons. The zero-order valence-electron chi connectivity index (χ0n) is 8.32. The first-order valence-electron chi connectivity index (χ1n) is 4.54. The Kier molecular flexibility index (Phi) is 2.92. The van der Waals surface area contributed by atoms with Crippen LogP contribution in [-0.2, 0) is 4.79 Å². The Morgan fingerprint density at radius 2 is 2.31 bits per heavy atom. The molecule has 1 amide bonds. The number of aliphatic hydroxyl groups is 1. The molecule has 1 saturated heterocycles. The number of likely N-dealkylation sites (tertiary alicyclic amines) is 1. The highest BCUT2D eigenvalue weighted by atomic mass is 32.1. The van der Waals surface area contributed by atoms with E-state index < -0.39 is 6.10 Å². The van der Waals surface area contributed by atoms with Gasteiger partial charge in [0.2, 0.25) is 0 Å². The number of carbonyl (C=O) groups is 1. The molecule has 1 aliphatic heterocycles. The molecule has 0 aliphatic carbocycles. The van der Waals surface area contributed by atoms with E-state index in [9.17, 15) is 4.79 Å². The summed E-state index contributed by atoms with van der Waals surface area (Å²) >= 11 is 4.49. The summed E-state index contributed by atoms with van der Waals surface area (Å²) in [6, 6.07) is 0. The van der Waals surface area contributed by atoms with Gasteiger partial charge < -0.3 is 10.0 Å². The van der Waals surface area contributed by atoms with Gasteiger partial charge in [0.15, 0.2) is 0 Å². The summed E-state index contributed by atoms with van der Waals surface area (Å²) < 4.78 is -0.120. The third kappa shape index (κ3) is 2.17. The van der Waals surface area contributed by atoms with E-state index in [2.05, 4.69) is 19.6 Å². The third-order valence-corrected chi connectivity index (χ3v) is 3.32. The number of aliphatic hydroxyl groups excluding tert-OH is 1. The van der Waals surface area contributed by atoms with E-state index in [1.807, 2.05) is 6.92 Å². The molecule has 0 saturated carbocycles. The highest BCUT2D eigenvalue weighted by Gasteiger charge is 2.39. The number of rotatable bonds is 1. The molecular weight excluding hydrogens is 186 g/mol. The molecule has 1 heterocycles. The van der Waals surface area contributed by atoms with Crippen LogP contribution in [0.2, 0.25) is 0 Å². The van der Waals surface area contributed by atoms with E-state index in [1.54, 1.807) is 4.90 Å². The van der Waals surface area contributed by atoms with Crippen molar-refractivity contribution < 1.29 is 9.90 Å². The molecule has 0 aromatic rings. The van der Waals surface area contributed by atoms with Crippen molar-refractivity contribution in [1.82, 2.24) is 4.90 Å². The molecule has 1 fully saturated rings. The van der Waals surface area contributed by atoms with E-state index in [0.29, 0.717) is 19.0 Å². The van der Waals surface area contributed by atoms with E-state index in [0.717, 1.165) is 0 Å². The Morgan fingerprint density at radius 1 is 1.77 bits per heavy atom. The molecule has 3 atom stereocenters. The van der Waals surface area contributed by atoms with Crippen molar-refractivity contribution in [3.05, 3.63) is 0 Å². The van der Waals surface area contributed by atoms with Crippen LogP contribution in [0.5, 0.6) is 0 Å². The summed E-state index contributed by atoms with van der Waals surface area (Å²) in [6.07, 6.45) is -0.894. The second kappa shape index (κ2) is 3.50. The van der Waals surface area contributed by atoms with Crippen molar-refractivity contribution in [2.24, 2.45) is 5.92 Å². The molecule has 0 aromatic heterocycles. The van der Waals surface area contributed by atoms with Crippen LogP contribution in [0.4, 0.5) is 0 Å². The van der Waals surface area contributed by atoms with E-state index in [1.165, 1.54) is 6.92 Å². The van der Waals surface area contributed by atoms with Crippen molar-refractivity contribution in [2.45, 2.75) is 31.6 Å². The van der Waals surface area contributed by atoms with Crippen molar-refractivity contribution in [3.63, 3.8) is 0 Å². The van der Waals surface area contributed by atoms with Gasteiger partial charge in [0.25, 0.3) is 5.91 Å². The van der Waals surface area contributed by atoms with Crippen LogP contribution in [-0.4, -0.2) is 39.9 Å². The molecule has 13 heavy (non-hydrogen) atoms. The van der Waals surface area contributed by atoms with Gasteiger partial charge in [0, 0.05) is 17.8 Å². The van der Waals surface area contributed by atoms with Gasteiger partial charge in [-0.3, -0.25) is 4.79 Å². The molecule has 4 heteroatoms. The summed E-state index contributed by atoms with van der Waals surface area (Å²) in [7, 11) is 0. The van der Waals surface area contributed by atoms with Gasteiger partial charge in [0.05, 0.1) is 0 Å². The summed E-state index contributed by atoms with van der Waals surface area (Å²) in [5.41, 5.74) is 0. The van der Waals surface area contributed by atoms with Crippen molar-refractivity contribution >= 4 is 18.5 Å². The van der Waals surface area contributed by atoms with Crippen LogP contribution in [0.3, 0.4) is 0 Å². The lowest BCUT2D eigenvalue weighted by molar-refractivity contribution is -0.138. The predicted octanol–water partition coefficient (Wildman–Crippen LogP) is 0.534. The zero-order chi connectivity index (χ0) is 10.2. The van der Waals surface area contributed by atoms with Crippen LogP contribution in [0, 0.1) is 5.92 Å². The van der Waals surface area contributed by atoms with Crippen LogP contribution in [0.15, 0.2) is 0 Å². The Bertz CT molecular complexity index is 216. The largest absolute Gasteiger partial charge is 0.384 e. The molecular formula is C9H17NO2S. The fourth-order valence-electron chi connectivity index (χ4n) is 1.57. The maximum absolute atomic E-state index is 11.4. The normalized spacial score (nSPS) is 36.4. The summed E-state index contributed by atoms with van der Waals surface area (Å²) in [5.74, 6) is 0.183. The Hall–Kier alpha value is -0.220. The molecule has 1 aliphatic rings. The molecule has 3 nitrogen and oxygen atoms in total. The number of hydrogen-bond acceptors (Lipinski definition) is 3. The van der Waals surface area contributed by atoms with Crippen LogP contribution < -0.4 is 0 Å². The monoisotopic (exact) mass is 203 g/mol. The summed E-state index contributed by atoms with van der Waals surface area (Å²) in [5, 5.41) is 9.12. The lowest BCUT2D eigenvalue weighted by Crippen LogP contribution is -2.37. The topological polar surface area (TPSA) is 40.5 Å². The number of hydrogen-bond donors (Lipinski definition) is 2. The summed E-state index contributed by atoms with van der Waals surface area (Å²) in [4.78, 5) is 13.1. The minimum Gasteiger partial charge on any atom is -0.384 e. The number of thiol groups is 1. The number of nitrogens with zero attached hydrogens (tertiary/aromatic N) is 1. The quantitative estimate of drug-likeness (QED) is 0.610. The molecule has 2 unspecified atom stereocenters. The van der Waals surface area contributed by atoms with Gasteiger partial charge in [-0.2, -0.15) is 12.6 Å². The smallest absolute Gasteiger partial charge is 0.251 e. The third-order valence-electron chi connectivity index (χ3n) is 2.74. The van der Waals surface area contributed by atoms with Crippen molar-refractivity contribution in [2.75, 3.05) is 13.1 Å². The predicted molar refractivity (Wildman–Crippen MR) is 54.8 cm³/mol. The van der Waals surface area contributed by atoms with Gasteiger partial charge in [-0.15, -0.1) is 0 Å². The summed E-state index contributed by atoms with van der Waals surface area (Å²) in [6.45, 7) is 6.92. The molecule has 0 bridgehead atoms. The van der Waals surface area contributed by atoms with E-state index >= 15 is 0 Å². The zero-order valence-corrected chi connectivity index (χ0v) is 9.21. The fraction of sp³-hybridized carbons (Fsp3) is 0.889. The molecule has 1 rings (SSSR count). The highest BCUT2D eigenvalue weighted by Crippen LogP contribution is 2.32. The minimum absolute atomic E-state index is 0.120. The molecule has 0 aromatic carbocycles. The first-order valence-corrected chi connectivity index (χ1v) is 4.98. The van der Waals surface area contributed by atoms with Crippen LogP contribution in [0.1, 0.15) is 20.8 Å². The van der Waals surface area contributed by atoms with Crippen LogP contribution in [0.25, 0.3) is 0 Å². The Balaban J connectivity index is 2.64. The van der Waals surface area contributed by atoms with Crippen LogP contribution >= 0.6 is 12.6 Å². The highest BCUT2D eigenvalue weighted by molar-refractivity contribution is 7.81. The average molecular weight is 203 g/mol. The molecule has 76 valence electrons. The maximum Gasteiger partial charge on any atom is 0.251 e. The van der Waals surface area contributed by atoms with E-state index in [4.69, 9.17) is 5.11 Å². The number of amides is 1. The van der Waals surface area contributed by atoms with Gasteiger partial charge in [-0.05, 0) is 19.8 Å². The van der Waals surface area contributed by atoms with E-state index in [-0.39, 0.29) is 10.7 Å². The average Bonchev–Trinajstić information content (AvgIpc) is 2.25. The second-order valence-electron chi connectivity index (χ2n) is 4.15. The SMILES string of the molecule is CC(O)C(=O)N1CC(C)[C@](C)(S)C1. The van der Waals surface area contributed by atoms with Crippen molar-refractivity contribution in [1.29, 1.82) is 0 Å². The van der Waals surface area contributed by atoms with Gasteiger partial charge >= 0.3 is 0 Å². The Morgan fingerprint density at radius 3 is 2.62 bits per heavy atom. The first-order chi connectivity index (χ1) is 5.84. The number of carbonyl (C=O) groups excluding carboxylic acids is 1. The van der Waals surface area contributed by atoms with Gasteiger partial charge in [-0.25, -0.2) is 0 Å². The second-order valence-corrected chi connectivity index (χ2v) is 5.17.